The third-order valence-electron chi connectivity index (χ3n) is 3.97. The topological polar surface area (TPSA) is 24.4 Å². The number of aliphatic imine (C=N–C) groups is 1. The van der Waals surface area contributed by atoms with Crippen LogP contribution in [0.5, 0.6) is 0 Å². The highest BCUT2D eigenvalue weighted by molar-refractivity contribution is 8.14. The van der Waals surface area contributed by atoms with Crippen LogP contribution in [-0.2, 0) is 0 Å². The summed E-state index contributed by atoms with van der Waals surface area (Å²) in [5.74, 6) is 1.17. The van der Waals surface area contributed by atoms with Gasteiger partial charge in [-0.3, -0.25) is 4.99 Å². The predicted molar refractivity (Wildman–Crippen MR) is 81.3 cm³/mol. The van der Waals surface area contributed by atoms with Crippen molar-refractivity contribution in [3.05, 3.63) is 0 Å². The summed E-state index contributed by atoms with van der Waals surface area (Å²) < 4.78 is 0. The van der Waals surface area contributed by atoms with Gasteiger partial charge in [-0.2, -0.15) is 11.8 Å². The van der Waals surface area contributed by atoms with E-state index < -0.39 is 0 Å². The van der Waals surface area contributed by atoms with Crippen molar-refractivity contribution in [3.63, 3.8) is 0 Å². The molecule has 1 heterocycles. The fourth-order valence-electron chi connectivity index (χ4n) is 2.47. The van der Waals surface area contributed by atoms with Crippen LogP contribution in [0, 0.1) is 0 Å². The summed E-state index contributed by atoms with van der Waals surface area (Å²) in [5, 5.41) is 5.55. The molecule has 1 aliphatic heterocycles. The monoisotopic (exact) mass is 272 g/mol. The molecule has 3 unspecified atom stereocenters. The maximum atomic E-state index is 4.98. The van der Waals surface area contributed by atoms with Crippen molar-refractivity contribution in [3.8, 4) is 0 Å². The standard InChI is InChI=1S/C13H24N2S2/c1-4-13(2)9-17-12(15-13)14-10-7-5-6-8-11(10)16-3/h10-11H,4-9H2,1-3H3,(H,14,15). The predicted octanol–water partition coefficient (Wildman–Crippen LogP) is 3.52. The summed E-state index contributed by atoms with van der Waals surface area (Å²) >= 11 is 3.91. The molecule has 4 heteroatoms. The Morgan fingerprint density at radius 1 is 1.47 bits per heavy atom. The smallest absolute Gasteiger partial charge is 0.157 e. The second-order valence-corrected chi connectivity index (χ2v) is 7.43. The summed E-state index contributed by atoms with van der Waals surface area (Å²) in [6.07, 6.45) is 8.77. The van der Waals surface area contributed by atoms with Crippen LogP contribution in [0.2, 0.25) is 0 Å². The summed E-state index contributed by atoms with van der Waals surface area (Å²) in [4.78, 5) is 4.98. The molecule has 1 saturated heterocycles. The van der Waals surface area contributed by atoms with E-state index >= 15 is 0 Å². The fourth-order valence-corrected chi connectivity index (χ4v) is 4.64. The quantitative estimate of drug-likeness (QED) is 0.850. The lowest BCUT2D eigenvalue weighted by molar-refractivity contribution is 0.445. The fraction of sp³-hybridized carbons (Fsp3) is 0.923. The van der Waals surface area contributed by atoms with Crippen molar-refractivity contribution in [2.24, 2.45) is 4.99 Å². The first kappa shape index (κ1) is 13.6. The average Bonchev–Trinajstić information content (AvgIpc) is 2.73. The third-order valence-corrected chi connectivity index (χ3v) is 6.39. The molecule has 0 spiro atoms. The zero-order valence-electron chi connectivity index (χ0n) is 11.2. The molecular formula is C13H24N2S2. The van der Waals surface area contributed by atoms with Gasteiger partial charge in [-0.05, 0) is 32.4 Å². The number of nitrogens with zero attached hydrogens (tertiary/aromatic N) is 1. The van der Waals surface area contributed by atoms with Gasteiger partial charge in [0.25, 0.3) is 0 Å². The van der Waals surface area contributed by atoms with E-state index in [1.807, 2.05) is 23.5 Å². The number of amidine groups is 1. The van der Waals surface area contributed by atoms with Crippen molar-refractivity contribution in [1.82, 2.24) is 5.32 Å². The Hall–Kier alpha value is 0.170. The highest BCUT2D eigenvalue weighted by atomic mass is 32.2. The molecule has 98 valence electrons. The van der Waals surface area contributed by atoms with E-state index in [-0.39, 0.29) is 5.54 Å². The van der Waals surface area contributed by atoms with Gasteiger partial charge >= 0.3 is 0 Å². The molecule has 1 saturated carbocycles. The third kappa shape index (κ3) is 3.34. The summed E-state index contributed by atoms with van der Waals surface area (Å²) in [7, 11) is 0. The minimum absolute atomic E-state index is 0.271. The molecule has 0 aromatic heterocycles. The van der Waals surface area contributed by atoms with Gasteiger partial charge in [0.1, 0.15) is 0 Å². The largest absolute Gasteiger partial charge is 0.359 e. The van der Waals surface area contributed by atoms with Gasteiger partial charge < -0.3 is 5.32 Å². The molecule has 0 aromatic rings. The van der Waals surface area contributed by atoms with Gasteiger partial charge in [0.2, 0.25) is 0 Å². The maximum absolute atomic E-state index is 4.98. The SMILES string of the molecule is CCC1(C)CSC(=NC2CCCCC2SC)N1. The van der Waals surface area contributed by atoms with E-state index in [1.54, 1.807) is 0 Å². The first-order valence-electron chi connectivity index (χ1n) is 6.68. The highest BCUT2D eigenvalue weighted by Crippen LogP contribution is 2.32. The second kappa shape index (κ2) is 5.87. The molecule has 2 nitrogen and oxygen atoms in total. The molecule has 17 heavy (non-hydrogen) atoms. The van der Waals surface area contributed by atoms with E-state index in [0.717, 1.165) is 5.25 Å². The number of thioether (sulfide) groups is 2. The number of rotatable bonds is 3. The van der Waals surface area contributed by atoms with Crippen LogP contribution in [-0.4, -0.2) is 34.0 Å². The zero-order valence-corrected chi connectivity index (χ0v) is 12.8. The molecule has 1 N–H and O–H groups in total. The Balaban J connectivity index is 1.99. The van der Waals surface area contributed by atoms with Crippen LogP contribution in [0.15, 0.2) is 4.99 Å². The minimum atomic E-state index is 0.271. The molecule has 3 atom stereocenters. The number of nitrogens with one attached hydrogen (secondary N) is 1. The molecule has 2 fully saturated rings. The molecule has 2 aliphatic rings. The van der Waals surface area contributed by atoms with Gasteiger partial charge in [-0.15, -0.1) is 0 Å². The molecule has 1 aliphatic carbocycles. The molecule has 0 amide bonds. The van der Waals surface area contributed by atoms with Gasteiger partial charge in [0.05, 0.1) is 6.04 Å². The van der Waals surface area contributed by atoms with E-state index in [4.69, 9.17) is 4.99 Å². The van der Waals surface area contributed by atoms with Gasteiger partial charge in [0.15, 0.2) is 5.17 Å². The summed E-state index contributed by atoms with van der Waals surface area (Å²) in [6, 6.07) is 0.549. The summed E-state index contributed by atoms with van der Waals surface area (Å²) in [6.45, 7) is 4.55. The van der Waals surface area contributed by atoms with Crippen molar-refractivity contribution in [2.45, 2.75) is 62.8 Å². The number of hydrogen-bond acceptors (Lipinski definition) is 3. The molecule has 2 rings (SSSR count). The highest BCUT2D eigenvalue weighted by Gasteiger charge is 2.32. The van der Waals surface area contributed by atoms with Crippen LogP contribution in [0.1, 0.15) is 46.0 Å². The van der Waals surface area contributed by atoms with Crippen LogP contribution in [0.25, 0.3) is 0 Å². The zero-order chi connectivity index (χ0) is 12.3. The van der Waals surface area contributed by atoms with E-state index in [9.17, 15) is 0 Å². The molecule has 0 bridgehead atoms. The summed E-state index contributed by atoms with van der Waals surface area (Å²) in [5.41, 5.74) is 0.271. The maximum Gasteiger partial charge on any atom is 0.157 e. The van der Waals surface area contributed by atoms with Gasteiger partial charge in [-0.25, -0.2) is 0 Å². The van der Waals surface area contributed by atoms with Gasteiger partial charge in [0, 0.05) is 16.5 Å². The van der Waals surface area contributed by atoms with Crippen LogP contribution >= 0.6 is 23.5 Å². The van der Waals surface area contributed by atoms with Crippen LogP contribution in [0.4, 0.5) is 0 Å². The van der Waals surface area contributed by atoms with E-state index in [2.05, 4.69) is 25.4 Å². The van der Waals surface area contributed by atoms with Crippen molar-refractivity contribution >= 4 is 28.7 Å². The van der Waals surface area contributed by atoms with E-state index in [1.165, 1.54) is 43.0 Å². The second-order valence-electron chi connectivity index (χ2n) is 5.39. The Kier molecular flexibility index (Phi) is 4.70. The van der Waals surface area contributed by atoms with Crippen molar-refractivity contribution in [2.75, 3.05) is 12.0 Å². The van der Waals surface area contributed by atoms with Crippen molar-refractivity contribution in [1.29, 1.82) is 0 Å². The first-order valence-corrected chi connectivity index (χ1v) is 8.96. The molecular weight excluding hydrogens is 248 g/mol. The number of hydrogen-bond donors (Lipinski definition) is 1. The van der Waals surface area contributed by atoms with Crippen molar-refractivity contribution < 1.29 is 0 Å². The minimum Gasteiger partial charge on any atom is -0.359 e. The normalized spacial score (nSPS) is 40.5. The first-order chi connectivity index (χ1) is 8.17. The van der Waals surface area contributed by atoms with Crippen LogP contribution < -0.4 is 5.32 Å². The lowest BCUT2D eigenvalue weighted by atomic mass is 9.95. The van der Waals surface area contributed by atoms with Crippen LogP contribution in [0.3, 0.4) is 0 Å². The Labute approximate surface area is 114 Å². The lowest BCUT2D eigenvalue weighted by Gasteiger charge is -2.28. The Morgan fingerprint density at radius 2 is 2.24 bits per heavy atom. The van der Waals surface area contributed by atoms with E-state index in [0.29, 0.717) is 6.04 Å². The average molecular weight is 272 g/mol. The molecule has 0 aromatic carbocycles. The van der Waals surface area contributed by atoms with Gasteiger partial charge in [-0.1, -0.05) is 31.5 Å². The lowest BCUT2D eigenvalue weighted by Crippen LogP contribution is -2.40. The molecule has 0 radical (unpaired) electrons. The Morgan fingerprint density at radius 3 is 2.88 bits per heavy atom. The Bertz CT molecular complexity index is 293.